The summed E-state index contributed by atoms with van der Waals surface area (Å²) < 4.78 is 0. The van der Waals surface area contributed by atoms with Crippen LogP contribution in [0, 0.1) is 12.8 Å². The third-order valence-corrected chi connectivity index (χ3v) is 3.33. The molecule has 0 amide bonds. The lowest BCUT2D eigenvalue weighted by molar-refractivity contribution is 0.157. The summed E-state index contributed by atoms with van der Waals surface area (Å²) in [4.78, 5) is 1.17. The SMILES string of the molecule is Cc1ccsc1C(O)C1CC1. The van der Waals surface area contributed by atoms with Crippen molar-refractivity contribution in [3.8, 4) is 0 Å². The van der Waals surface area contributed by atoms with Gasteiger partial charge < -0.3 is 5.11 Å². The molecule has 60 valence electrons. The highest BCUT2D eigenvalue weighted by Gasteiger charge is 2.31. The molecule has 0 spiro atoms. The largest absolute Gasteiger partial charge is 0.387 e. The molecule has 0 radical (unpaired) electrons. The van der Waals surface area contributed by atoms with Crippen molar-refractivity contribution in [2.45, 2.75) is 25.9 Å². The Bertz CT molecular complexity index is 250. The van der Waals surface area contributed by atoms with E-state index in [0.29, 0.717) is 5.92 Å². The van der Waals surface area contributed by atoms with E-state index in [-0.39, 0.29) is 6.10 Å². The number of thiophene rings is 1. The van der Waals surface area contributed by atoms with Gasteiger partial charge in [-0.3, -0.25) is 0 Å². The minimum Gasteiger partial charge on any atom is -0.387 e. The van der Waals surface area contributed by atoms with Crippen LogP contribution in [0.5, 0.6) is 0 Å². The Kier molecular flexibility index (Phi) is 1.74. The molecule has 1 fully saturated rings. The summed E-state index contributed by atoms with van der Waals surface area (Å²) in [6.45, 7) is 2.07. The summed E-state index contributed by atoms with van der Waals surface area (Å²) in [5.41, 5.74) is 1.24. The van der Waals surface area contributed by atoms with Crippen LogP contribution in [0.2, 0.25) is 0 Å². The first-order chi connectivity index (χ1) is 5.29. The molecule has 0 bridgehead atoms. The zero-order chi connectivity index (χ0) is 7.84. The van der Waals surface area contributed by atoms with Crippen molar-refractivity contribution in [2.75, 3.05) is 0 Å². The van der Waals surface area contributed by atoms with Crippen molar-refractivity contribution in [1.29, 1.82) is 0 Å². The van der Waals surface area contributed by atoms with Gasteiger partial charge in [0.1, 0.15) is 0 Å². The highest BCUT2D eigenvalue weighted by atomic mass is 32.1. The molecule has 0 aliphatic heterocycles. The van der Waals surface area contributed by atoms with E-state index in [1.807, 2.05) is 0 Å². The van der Waals surface area contributed by atoms with E-state index in [0.717, 1.165) is 0 Å². The van der Waals surface area contributed by atoms with Crippen LogP contribution in [0.1, 0.15) is 29.4 Å². The predicted molar refractivity (Wildman–Crippen MR) is 46.7 cm³/mol. The average molecular weight is 168 g/mol. The van der Waals surface area contributed by atoms with Crippen molar-refractivity contribution >= 4 is 11.3 Å². The number of aliphatic hydroxyl groups excluding tert-OH is 1. The molecule has 1 aromatic rings. The lowest BCUT2D eigenvalue weighted by atomic mass is 10.1. The van der Waals surface area contributed by atoms with Crippen LogP contribution >= 0.6 is 11.3 Å². The molecule has 1 N–H and O–H groups in total. The van der Waals surface area contributed by atoms with E-state index in [9.17, 15) is 5.11 Å². The van der Waals surface area contributed by atoms with Gasteiger partial charge in [0, 0.05) is 4.88 Å². The highest BCUT2D eigenvalue weighted by Crippen LogP contribution is 2.43. The third-order valence-electron chi connectivity index (χ3n) is 2.24. The van der Waals surface area contributed by atoms with Crippen LogP contribution in [0.15, 0.2) is 11.4 Å². The lowest BCUT2D eigenvalue weighted by Gasteiger charge is -2.06. The highest BCUT2D eigenvalue weighted by molar-refractivity contribution is 7.10. The fourth-order valence-electron chi connectivity index (χ4n) is 1.31. The maximum atomic E-state index is 9.74. The number of hydrogen-bond donors (Lipinski definition) is 1. The molecule has 1 atom stereocenters. The molecule has 2 heteroatoms. The Balaban J connectivity index is 2.20. The summed E-state index contributed by atoms with van der Waals surface area (Å²) in [5, 5.41) is 11.8. The first-order valence-corrected chi connectivity index (χ1v) is 4.89. The van der Waals surface area contributed by atoms with E-state index in [1.165, 1.54) is 23.3 Å². The van der Waals surface area contributed by atoms with Gasteiger partial charge in [0.05, 0.1) is 6.10 Å². The summed E-state index contributed by atoms with van der Waals surface area (Å²) in [7, 11) is 0. The van der Waals surface area contributed by atoms with Gasteiger partial charge in [-0.2, -0.15) is 0 Å². The van der Waals surface area contributed by atoms with Crippen LogP contribution < -0.4 is 0 Å². The zero-order valence-electron chi connectivity index (χ0n) is 6.58. The maximum Gasteiger partial charge on any atom is 0.0912 e. The topological polar surface area (TPSA) is 20.2 Å². The van der Waals surface area contributed by atoms with Crippen molar-refractivity contribution in [3.63, 3.8) is 0 Å². The summed E-state index contributed by atoms with van der Waals surface area (Å²) in [5.74, 6) is 0.562. The second-order valence-corrected chi connectivity index (χ2v) is 4.20. The Hall–Kier alpha value is -0.340. The number of aliphatic hydroxyl groups is 1. The van der Waals surface area contributed by atoms with E-state index in [1.54, 1.807) is 11.3 Å². The number of rotatable bonds is 2. The summed E-state index contributed by atoms with van der Waals surface area (Å²) >= 11 is 1.68. The second kappa shape index (κ2) is 2.61. The minimum absolute atomic E-state index is 0.171. The van der Waals surface area contributed by atoms with Crippen molar-refractivity contribution in [1.82, 2.24) is 0 Å². The molecular formula is C9H12OS. The molecular weight excluding hydrogens is 156 g/mol. The minimum atomic E-state index is -0.171. The van der Waals surface area contributed by atoms with Gasteiger partial charge in [0.2, 0.25) is 0 Å². The Labute approximate surface area is 70.7 Å². The molecule has 1 nitrogen and oxygen atoms in total. The molecule has 11 heavy (non-hydrogen) atoms. The normalized spacial score (nSPS) is 20.2. The first-order valence-electron chi connectivity index (χ1n) is 4.01. The van der Waals surface area contributed by atoms with Gasteiger partial charge in [-0.05, 0) is 42.7 Å². The van der Waals surface area contributed by atoms with Gasteiger partial charge in [-0.1, -0.05) is 0 Å². The van der Waals surface area contributed by atoms with Crippen LogP contribution in [0.3, 0.4) is 0 Å². The molecule has 1 heterocycles. The van der Waals surface area contributed by atoms with Crippen molar-refractivity contribution in [3.05, 3.63) is 21.9 Å². The van der Waals surface area contributed by atoms with Gasteiger partial charge in [0.15, 0.2) is 0 Å². The number of aryl methyl sites for hydroxylation is 1. The van der Waals surface area contributed by atoms with Gasteiger partial charge in [0.25, 0.3) is 0 Å². The zero-order valence-corrected chi connectivity index (χ0v) is 7.40. The fraction of sp³-hybridized carbons (Fsp3) is 0.556. The lowest BCUT2D eigenvalue weighted by Crippen LogP contribution is -1.97. The van der Waals surface area contributed by atoms with Crippen LogP contribution in [0.25, 0.3) is 0 Å². The third kappa shape index (κ3) is 1.33. The molecule has 2 rings (SSSR count). The molecule has 1 aliphatic carbocycles. The second-order valence-electron chi connectivity index (χ2n) is 3.25. The Morgan fingerprint density at radius 1 is 1.64 bits per heavy atom. The van der Waals surface area contributed by atoms with Crippen LogP contribution in [-0.4, -0.2) is 5.11 Å². The van der Waals surface area contributed by atoms with Gasteiger partial charge in [-0.15, -0.1) is 11.3 Å². The van der Waals surface area contributed by atoms with Crippen molar-refractivity contribution in [2.24, 2.45) is 5.92 Å². The molecule has 1 aromatic heterocycles. The summed E-state index contributed by atoms with van der Waals surface area (Å²) in [6, 6.07) is 2.08. The Morgan fingerprint density at radius 2 is 2.36 bits per heavy atom. The number of hydrogen-bond acceptors (Lipinski definition) is 2. The van der Waals surface area contributed by atoms with Gasteiger partial charge in [-0.25, -0.2) is 0 Å². The molecule has 1 unspecified atom stereocenters. The molecule has 1 aliphatic rings. The molecule has 0 saturated heterocycles. The average Bonchev–Trinajstić information content (AvgIpc) is 2.74. The quantitative estimate of drug-likeness (QED) is 0.719. The molecule has 0 aromatic carbocycles. The van der Waals surface area contributed by atoms with Crippen LogP contribution in [-0.2, 0) is 0 Å². The van der Waals surface area contributed by atoms with E-state index < -0.39 is 0 Å². The standard InChI is InChI=1S/C9H12OS/c1-6-4-5-11-9(6)8(10)7-2-3-7/h4-5,7-8,10H,2-3H2,1H3. The maximum absolute atomic E-state index is 9.74. The monoisotopic (exact) mass is 168 g/mol. The first kappa shape index (κ1) is 7.32. The van der Waals surface area contributed by atoms with Gasteiger partial charge >= 0.3 is 0 Å². The Morgan fingerprint density at radius 3 is 2.82 bits per heavy atom. The smallest absolute Gasteiger partial charge is 0.0912 e. The van der Waals surface area contributed by atoms with Crippen molar-refractivity contribution < 1.29 is 5.11 Å². The van der Waals surface area contributed by atoms with Crippen LogP contribution in [0.4, 0.5) is 0 Å². The molecule has 1 saturated carbocycles. The summed E-state index contributed by atoms with van der Waals surface area (Å²) in [6.07, 6.45) is 2.24. The predicted octanol–water partition coefficient (Wildman–Crippen LogP) is 2.50. The fourth-order valence-corrected chi connectivity index (χ4v) is 2.32. The van der Waals surface area contributed by atoms with E-state index in [2.05, 4.69) is 18.4 Å². The van der Waals surface area contributed by atoms with E-state index >= 15 is 0 Å². The van der Waals surface area contributed by atoms with E-state index in [4.69, 9.17) is 0 Å².